The number of rotatable bonds is 4. The van der Waals surface area contributed by atoms with Gasteiger partial charge in [-0.15, -0.1) is 4.91 Å². The molecule has 0 amide bonds. The quantitative estimate of drug-likeness (QED) is 0.606. The van der Waals surface area contributed by atoms with Crippen LogP contribution in [0.5, 0.6) is 0 Å². The summed E-state index contributed by atoms with van der Waals surface area (Å²) in [5, 5.41) is 4.63. The molecule has 1 heterocycles. The summed E-state index contributed by atoms with van der Waals surface area (Å²) < 4.78 is 0. The maximum absolute atomic E-state index is 10.7. The molecular weight excluding hydrogens is 226 g/mol. The molecule has 1 saturated heterocycles. The summed E-state index contributed by atoms with van der Waals surface area (Å²) in [7, 11) is 1.78. The Balaban J connectivity index is 1.97. The predicted molar refractivity (Wildman–Crippen MR) is 72.8 cm³/mol. The number of likely N-dealkylation sites (N-methyl/N-ethyl adjacent to an activating group) is 1. The molecule has 18 heavy (non-hydrogen) atoms. The van der Waals surface area contributed by atoms with Crippen molar-refractivity contribution in [2.45, 2.75) is 25.9 Å². The van der Waals surface area contributed by atoms with E-state index in [-0.39, 0.29) is 6.04 Å². The van der Waals surface area contributed by atoms with Gasteiger partial charge in [0.25, 0.3) is 0 Å². The number of nitroso groups, excluding NO2 is 1. The van der Waals surface area contributed by atoms with Crippen LogP contribution in [-0.2, 0) is 6.54 Å². The molecule has 0 aliphatic carbocycles. The molecule has 0 spiro atoms. The molecular formula is C14H21N3O. The Labute approximate surface area is 109 Å². The van der Waals surface area contributed by atoms with Gasteiger partial charge in [0.2, 0.25) is 0 Å². The molecule has 4 heteroatoms. The van der Waals surface area contributed by atoms with Gasteiger partial charge in [-0.25, -0.2) is 0 Å². The van der Waals surface area contributed by atoms with E-state index in [1.165, 1.54) is 5.56 Å². The van der Waals surface area contributed by atoms with Crippen LogP contribution in [0.2, 0.25) is 0 Å². The minimum atomic E-state index is 0.236. The van der Waals surface area contributed by atoms with Crippen LogP contribution < -0.4 is 0 Å². The molecule has 1 aromatic rings. The molecule has 0 saturated carbocycles. The number of benzene rings is 1. The fraction of sp³-hybridized carbons (Fsp3) is 0.571. The minimum absolute atomic E-state index is 0.236. The molecule has 0 aromatic heterocycles. The van der Waals surface area contributed by atoms with E-state index in [9.17, 15) is 4.91 Å². The second-order valence-electron chi connectivity index (χ2n) is 5.21. The van der Waals surface area contributed by atoms with Crippen LogP contribution in [0.25, 0.3) is 0 Å². The molecule has 1 aromatic carbocycles. The highest BCUT2D eigenvalue weighted by Crippen LogP contribution is 2.22. The standard InChI is InChI=1S/C14H21N3O/c1-12-8-9-17(11-14(12)16(2)15-18)10-13-6-4-3-5-7-13/h3-7,12,14H,8-11H2,1-2H3. The molecule has 2 unspecified atom stereocenters. The molecule has 2 rings (SSSR count). The highest BCUT2D eigenvalue weighted by molar-refractivity contribution is 5.14. The fourth-order valence-electron chi connectivity index (χ4n) is 2.65. The van der Waals surface area contributed by atoms with Crippen LogP contribution in [0.15, 0.2) is 35.6 Å². The monoisotopic (exact) mass is 247 g/mol. The van der Waals surface area contributed by atoms with Crippen molar-refractivity contribution in [2.24, 2.45) is 11.2 Å². The number of nitrogens with zero attached hydrogens (tertiary/aromatic N) is 3. The van der Waals surface area contributed by atoms with Crippen LogP contribution in [0.3, 0.4) is 0 Å². The van der Waals surface area contributed by atoms with Crippen molar-refractivity contribution in [3.8, 4) is 0 Å². The van der Waals surface area contributed by atoms with Gasteiger partial charge in [-0.1, -0.05) is 37.3 Å². The molecule has 98 valence electrons. The maximum atomic E-state index is 10.7. The average molecular weight is 247 g/mol. The minimum Gasteiger partial charge on any atom is -0.297 e. The molecule has 4 nitrogen and oxygen atoms in total. The maximum Gasteiger partial charge on any atom is 0.0652 e. The van der Waals surface area contributed by atoms with Crippen molar-refractivity contribution >= 4 is 0 Å². The van der Waals surface area contributed by atoms with E-state index in [4.69, 9.17) is 0 Å². The third-order valence-corrected chi connectivity index (χ3v) is 3.86. The van der Waals surface area contributed by atoms with Crippen LogP contribution in [-0.4, -0.2) is 36.1 Å². The molecule has 0 N–H and O–H groups in total. The van der Waals surface area contributed by atoms with Gasteiger partial charge < -0.3 is 0 Å². The lowest BCUT2D eigenvalue weighted by Gasteiger charge is -2.39. The van der Waals surface area contributed by atoms with Gasteiger partial charge in [0, 0.05) is 20.1 Å². The Morgan fingerprint density at radius 1 is 1.39 bits per heavy atom. The zero-order valence-electron chi connectivity index (χ0n) is 11.1. The molecule has 1 fully saturated rings. The summed E-state index contributed by atoms with van der Waals surface area (Å²) in [4.78, 5) is 13.1. The summed E-state index contributed by atoms with van der Waals surface area (Å²) in [6.07, 6.45) is 1.12. The van der Waals surface area contributed by atoms with Crippen molar-refractivity contribution in [2.75, 3.05) is 20.1 Å². The largest absolute Gasteiger partial charge is 0.297 e. The zero-order valence-corrected chi connectivity index (χ0v) is 11.1. The third-order valence-electron chi connectivity index (χ3n) is 3.86. The lowest BCUT2D eigenvalue weighted by Crippen LogP contribution is -2.48. The van der Waals surface area contributed by atoms with Crippen LogP contribution in [0.4, 0.5) is 0 Å². The molecule has 1 aliphatic heterocycles. The van der Waals surface area contributed by atoms with Crippen molar-refractivity contribution in [3.63, 3.8) is 0 Å². The van der Waals surface area contributed by atoms with E-state index in [0.29, 0.717) is 5.92 Å². The predicted octanol–water partition coefficient (Wildman–Crippen LogP) is 2.51. The molecule has 0 radical (unpaired) electrons. The summed E-state index contributed by atoms with van der Waals surface area (Å²) in [5.74, 6) is 0.528. The third kappa shape index (κ3) is 3.07. The van der Waals surface area contributed by atoms with E-state index in [0.717, 1.165) is 26.1 Å². The number of hydrogen-bond donors (Lipinski definition) is 0. The Morgan fingerprint density at radius 2 is 2.11 bits per heavy atom. The summed E-state index contributed by atoms with van der Waals surface area (Å²) >= 11 is 0. The van der Waals surface area contributed by atoms with Crippen LogP contribution in [0, 0.1) is 10.8 Å². The van der Waals surface area contributed by atoms with E-state index >= 15 is 0 Å². The van der Waals surface area contributed by atoms with E-state index in [1.54, 1.807) is 12.1 Å². The molecule has 0 bridgehead atoms. The SMILES string of the molecule is CC1CCN(Cc2ccccc2)CC1N(C)N=O. The first kappa shape index (κ1) is 13.0. The van der Waals surface area contributed by atoms with Gasteiger partial charge in [0.1, 0.15) is 0 Å². The Bertz CT molecular complexity index is 382. The van der Waals surface area contributed by atoms with Crippen molar-refractivity contribution < 1.29 is 0 Å². The Morgan fingerprint density at radius 3 is 2.78 bits per heavy atom. The number of hydrogen-bond acceptors (Lipinski definition) is 3. The first-order chi connectivity index (χ1) is 8.70. The topological polar surface area (TPSA) is 35.9 Å². The average Bonchev–Trinajstić information content (AvgIpc) is 2.41. The van der Waals surface area contributed by atoms with Crippen molar-refractivity contribution in [1.29, 1.82) is 0 Å². The highest BCUT2D eigenvalue weighted by Gasteiger charge is 2.29. The van der Waals surface area contributed by atoms with Gasteiger partial charge in [-0.05, 0) is 24.4 Å². The van der Waals surface area contributed by atoms with E-state index < -0.39 is 0 Å². The van der Waals surface area contributed by atoms with Crippen molar-refractivity contribution in [1.82, 2.24) is 9.91 Å². The van der Waals surface area contributed by atoms with Gasteiger partial charge in [0.15, 0.2) is 0 Å². The number of likely N-dealkylation sites (tertiary alicyclic amines) is 1. The van der Waals surface area contributed by atoms with Gasteiger partial charge in [0.05, 0.1) is 11.3 Å². The first-order valence-electron chi connectivity index (χ1n) is 6.53. The zero-order chi connectivity index (χ0) is 13.0. The lowest BCUT2D eigenvalue weighted by atomic mass is 9.93. The van der Waals surface area contributed by atoms with Crippen LogP contribution in [0.1, 0.15) is 18.9 Å². The van der Waals surface area contributed by atoms with Crippen LogP contribution >= 0.6 is 0 Å². The number of piperidine rings is 1. The van der Waals surface area contributed by atoms with Gasteiger partial charge in [-0.3, -0.25) is 9.91 Å². The Hall–Kier alpha value is -1.42. The van der Waals surface area contributed by atoms with Gasteiger partial charge >= 0.3 is 0 Å². The second kappa shape index (κ2) is 5.96. The summed E-state index contributed by atoms with van der Waals surface area (Å²) in [6, 6.07) is 10.7. The second-order valence-corrected chi connectivity index (χ2v) is 5.21. The highest BCUT2D eigenvalue weighted by atomic mass is 16.3. The summed E-state index contributed by atoms with van der Waals surface area (Å²) in [6.45, 7) is 5.17. The van der Waals surface area contributed by atoms with Crippen molar-refractivity contribution in [3.05, 3.63) is 40.8 Å². The lowest BCUT2D eigenvalue weighted by molar-refractivity contribution is 0.0720. The normalized spacial score (nSPS) is 24.8. The fourth-order valence-corrected chi connectivity index (χ4v) is 2.65. The first-order valence-corrected chi connectivity index (χ1v) is 6.53. The Kier molecular flexibility index (Phi) is 4.31. The van der Waals surface area contributed by atoms with E-state index in [1.807, 2.05) is 6.07 Å². The van der Waals surface area contributed by atoms with Gasteiger partial charge in [-0.2, -0.15) is 0 Å². The molecule has 2 atom stereocenters. The molecule has 1 aliphatic rings. The van der Waals surface area contributed by atoms with E-state index in [2.05, 4.69) is 41.4 Å². The smallest absolute Gasteiger partial charge is 0.0652 e. The summed E-state index contributed by atoms with van der Waals surface area (Å²) in [5.41, 5.74) is 1.33.